The lowest BCUT2D eigenvalue weighted by Crippen LogP contribution is -2.22. The summed E-state index contributed by atoms with van der Waals surface area (Å²) in [6.45, 7) is 3.35. The highest BCUT2D eigenvalue weighted by Gasteiger charge is 2.19. The zero-order valence-electron chi connectivity index (χ0n) is 12.7. The van der Waals surface area contributed by atoms with Crippen molar-refractivity contribution in [2.75, 3.05) is 11.9 Å². The fourth-order valence-electron chi connectivity index (χ4n) is 1.98. The molecule has 0 saturated heterocycles. The van der Waals surface area contributed by atoms with Gasteiger partial charge in [0.05, 0.1) is 15.1 Å². The molecule has 0 fully saturated rings. The summed E-state index contributed by atoms with van der Waals surface area (Å²) < 4.78 is 5.97. The number of carbonyl (C=O) groups excluding carboxylic acids is 2. The van der Waals surface area contributed by atoms with Gasteiger partial charge in [0.15, 0.2) is 12.4 Å². The minimum absolute atomic E-state index is 0.280. The molecule has 0 unspecified atom stereocenters. The Hall–Kier alpha value is -1.28. The third-order valence-corrected chi connectivity index (χ3v) is 5.41. The molecule has 0 aliphatic heterocycles. The first-order chi connectivity index (χ1) is 11.2. The van der Waals surface area contributed by atoms with Crippen LogP contribution >= 0.6 is 50.5 Å². The van der Waals surface area contributed by atoms with Crippen LogP contribution in [0.2, 0.25) is 10.0 Å². The Morgan fingerprint density at radius 3 is 2.58 bits per heavy atom. The number of anilines is 1. The van der Waals surface area contributed by atoms with Crippen molar-refractivity contribution in [1.29, 1.82) is 0 Å². The molecule has 128 valence electrons. The lowest BCUT2D eigenvalue weighted by molar-refractivity contribution is -0.118. The Labute approximate surface area is 161 Å². The topological polar surface area (TPSA) is 81.4 Å². The van der Waals surface area contributed by atoms with Gasteiger partial charge in [-0.25, -0.2) is 0 Å². The molecule has 1 aromatic carbocycles. The van der Waals surface area contributed by atoms with Gasteiger partial charge in [-0.15, -0.1) is 11.3 Å². The molecule has 2 aromatic rings. The van der Waals surface area contributed by atoms with Crippen molar-refractivity contribution in [3.8, 4) is 5.75 Å². The molecule has 2 amide bonds. The second-order valence-corrected chi connectivity index (χ2v) is 7.81. The first kappa shape index (κ1) is 19.1. The molecule has 0 aliphatic rings. The van der Waals surface area contributed by atoms with Gasteiger partial charge in [-0.05, 0) is 47.5 Å². The zero-order chi connectivity index (χ0) is 18.0. The summed E-state index contributed by atoms with van der Waals surface area (Å²) in [7, 11) is 0. The van der Waals surface area contributed by atoms with Crippen molar-refractivity contribution in [3.63, 3.8) is 0 Å². The van der Waals surface area contributed by atoms with Crippen molar-refractivity contribution < 1.29 is 14.3 Å². The van der Waals surface area contributed by atoms with Crippen molar-refractivity contribution in [3.05, 3.63) is 42.7 Å². The summed E-state index contributed by atoms with van der Waals surface area (Å²) in [6.07, 6.45) is 0. The molecule has 0 spiro atoms. The number of thiophene rings is 1. The largest absolute Gasteiger partial charge is 0.481 e. The fourth-order valence-corrected chi connectivity index (χ4v) is 4.43. The van der Waals surface area contributed by atoms with E-state index in [0.29, 0.717) is 25.8 Å². The van der Waals surface area contributed by atoms with Gasteiger partial charge in [-0.1, -0.05) is 23.2 Å². The standard InChI is InChI=1S/C15H13BrCl2N2O3S/c1-6-7(2)24-15(12(6)14(19)22)20-11(21)5-23-13-9(16)3-8(17)4-10(13)18/h3-4H,5H2,1-2H3,(H2,19,22)(H,20,21). The van der Waals surface area contributed by atoms with Gasteiger partial charge >= 0.3 is 0 Å². The lowest BCUT2D eigenvalue weighted by atomic mass is 10.1. The summed E-state index contributed by atoms with van der Waals surface area (Å²) in [5.74, 6) is -0.710. The second kappa shape index (κ2) is 7.74. The van der Waals surface area contributed by atoms with Crippen LogP contribution in [0, 0.1) is 13.8 Å². The molecule has 0 atom stereocenters. The van der Waals surface area contributed by atoms with E-state index in [1.165, 1.54) is 17.4 Å². The van der Waals surface area contributed by atoms with Gasteiger partial charge in [0.2, 0.25) is 0 Å². The summed E-state index contributed by atoms with van der Waals surface area (Å²) in [5, 5.41) is 3.78. The number of nitrogens with two attached hydrogens (primary N) is 1. The first-order valence-corrected chi connectivity index (χ1v) is 9.04. The molecule has 1 aromatic heterocycles. The summed E-state index contributed by atoms with van der Waals surface area (Å²) in [6, 6.07) is 3.12. The van der Waals surface area contributed by atoms with E-state index < -0.39 is 11.8 Å². The normalized spacial score (nSPS) is 10.5. The maximum Gasteiger partial charge on any atom is 0.262 e. The van der Waals surface area contributed by atoms with Gasteiger partial charge in [-0.2, -0.15) is 0 Å². The number of benzene rings is 1. The Kier molecular flexibility index (Phi) is 6.14. The van der Waals surface area contributed by atoms with Crippen LogP contribution in [0.4, 0.5) is 5.00 Å². The van der Waals surface area contributed by atoms with Crippen LogP contribution in [0.5, 0.6) is 5.75 Å². The first-order valence-electron chi connectivity index (χ1n) is 6.67. The third-order valence-electron chi connectivity index (χ3n) is 3.20. The Morgan fingerprint density at radius 2 is 2.00 bits per heavy atom. The summed E-state index contributed by atoms with van der Waals surface area (Å²) in [5.41, 5.74) is 6.45. The molecule has 9 heteroatoms. The van der Waals surface area contributed by atoms with Crippen molar-refractivity contribution >= 4 is 67.3 Å². The van der Waals surface area contributed by atoms with E-state index in [2.05, 4.69) is 21.2 Å². The number of hydrogen-bond acceptors (Lipinski definition) is 4. The SMILES string of the molecule is Cc1sc(NC(=O)COc2c(Cl)cc(Cl)cc2Br)c(C(N)=O)c1C. The molecule has 3 N–H and O–H groups in total. The number of rotatable bonds is 5. The third kappa shape index (κ3) is 4.22. The highest BCUT2D eigenvalue weighted by atomic mass is 79.9. The molecule has 1 heterocycles. The lowest BCUT2D eigenvalue weighted by Gasteiger charge is -2.11. The number of aryl methyl sites for hydroxylation is 1. The smallest absolute Gasteiger partial charge is 0.262 e. The average molecular weight is 452 g/mol. The Balaban J connectivity index is 2.10. The van der Waals surface area contributed by atoms with E-state index in [1.807, 2.05) is 6.92 Å². The van der Waals surface area contributed by atoms with Crippen molar-refractivity contribution in [2.24, 2.45) is 5.73 Å². The van der Waals surface area contributed by atoms with Crippen LogP contribution < -0.4 is 15.8 Å². The van der Waals surface area contributed by atoms with Gasteiger partial charge < -0.3 is 15.8 Å². The summed E-state index contributed by atoms with van der Waals surface area (Å²) >= 11 is 16.5. The fraction of sp³-hybridized carbons (Fsp3) is 0.200. The van der Waals surface area contributed by atoms with Gasteiger partial charge in [-0.3, -0.25) is 9.59 Å². The maximum absolute atomic E-state index is 12.1. The van der Waals surface area contributed by atoms with E-state index >= 15 is 0 Å². The molecule has 0 radical (unpaired) electrons. The van der Waals surface area contributed by atoms with Crippen molar-refractivity contribution in [2.45, 2.75) is 13.8 Å². The van der Waals surface area contributed by atoms with Crippen LogP contribution in [0.3, 0.4) is 0 Å². The summed E-state index contributed by atoms with van der Waals surface area (Å²) in [4.78, 5) is 24.6. The molecule has 2 rings (SSSR count). The van der Waals surface area contributed by atoms with E-state index in [9.17, 15) is 9.59 Å². The number of carbonyl (C=O) groups is 2. The van der Waals surface area contributed by atoms with Crippen LogP contribution in [0.25, 0.3) is 0 Å². The molecule has 0 aliphatic carbocycles. The average Bonchev–Trinajstić information content (AvgIpc) is 2.72. The van der Waals surface area contributed by atoms with E-state index in [0.717, 1.165) is 10.4 Å². The van der Waals surface area contributed by atoms with Gasteiger partial charge in [0.1, 0.15) is 5.00 Å². The van der Waals surface area contributed by atoms with Gasteiger partial charge in [0.25, 0.3) is 11.8 Å². The Bertz CT molecular complexity index is 800. The number of nitrogens with one attached hydrogen (secondary N) is 1. The highest BCUT2D eigenvalue weighted by molar-refractivity contribution is 9.10. The predicted octanol–water partition coefficient (Wildman–Crippen LogP) is 4.55. The monoisotopic (exact) mass is 450 g/mol. The van der Waals surface area contributed by atoms with Crippen LogP contribution in [0.1, 0.15) is 20.8 Å². The molecule has 5 nitrogen and oxygen atoms in total. The molecule has 24 heavy (non-hydrogen) atoms. The van der Waals surface area contributed by atoms with Crippen LogP contribution in [-0.4, -0.2) is 18.4 Å². The van der Waals surface area contributed by atoms with Crippen LogP contribution in [0.15, 0.2) is 16.6 Å². The quantitative estimate of drug-likeness (QED) is 0.699. The number of amides is 2. The predicted molar refractivity (Wildman–Crippen MR) is 101 cm³/mol. The maximum atomic E-state index is 12.1. The minimum atomic E-state index is -0.587. The number of hydrogen-bond donors (Lipinski definition) is 2. The van der Waals surface area contributed by atoms with E-state index in [-0.39, 0.29) is 11.6 Å². The molecular weight excluding hydrogens is 439 g/mol. The number of halogens is 3. The van der Waals surface area contributed by atoms with Crippen molar-refractivity contribution in [1.82, 2.24) is 0 Å². The Morgan fingerprint density at radius 1 is 1.33 bits per heavy atom. The molecule has 0 saturated carbocycles. The molecular formula is C15H13BrCl2N2O3S. The van der Waals surface area contributed by atoms with E-state index in [4.69, 9.17) is 33.7 Å². The van der Waals surface area contributed by atoms with E-state index in [1.54, 1.807) is 13.0 Å². The molecule has 0 bridgehead atoms. The number of primary amides is 1. The van der Waals surface area contributed by atoms with Crippen LogP contribution in [-0.2, 0) is 4.79 Å². The minimum Gasteiger partial charge on any atom is -0.481 e. The zero-order valence-corrected chi connectivity index (χ0v) is 16.6. The number of ether oxygens (including phenoxy) is 1. The highest BCUT2D eigenvalue weighted by Crippen LogP contribution is 2.36. The second-order valence-electron chi connectivity index (χ2n) is 4.89. The van der Waals surface area contributed by atoms with Gasteiger partial charge in [0, 0.05) is 9.90 Å².